The highest BCUT2D eigenvalue weighted by Gasteiger charge is 2.45. The quantitative estimate of drug-likeness (QED) is 0.165. The van der Waals surface area contributed by atoms with Gasteiger partial charge in [0.15, 0.2) is 0 Å². The average molecular weight is 509 g/mol. The second-order valence-electron chi connectivity index (χ2n) is 9.88. The van der Waals surface area contributed by atoms with Gasteiger partial charge in [0, 0.05) is 29.2 Å². The van der Waals surface area contributed by atoms with Gasteiger partial charge < -0.3 is 19.7 Å². The second kappa shape index (κ2) is 10.6. The highest BCUT2D eigenvalue weighted by Crippen LogP contribution is 2.40. The molecule has 3 aromatic carbocycles. The van der Waals surface area contributed by atoms with E-state index in [9.17, 15) is 14.7 Å². The van der Waals surface area contributed by atoms with E-state index >= 15 is 0 Å². The van der Waals surface area contributed by atoms with Crippen molar-refractivity contribution in [2.75, 3.05) is 13.2 Å². The molecule has 1 saturated heterocycles. The van der Waals surface area contributed by atoms with E-state index in [-0.39, 0.29) is 11.3 Å². The van der Waals surface area contributed by atoms with E-state index in [0.717, 1.165) is 27.6 Å². The topological polar surface area (TPSA) is 82.6 Å². The minimum absolute atomic E-state index is 0.107. The summed E-state index contributed by atoms with van der Waals surface area (Å²) in [5, 5.41) is 12.4. The van der Waals surface area contributed by atoms with Crippen LogP contribution in [0.5, 0.6) is 5.75 Å². The number of hydrogen-bond donors (Lipinski definition) is 2. The molecule has 6 nitrogen and oxygen atoms in total. The number of carbonyl (C=O) groups is 2. The van der Waals surface area contributed by atoms with Crippen molar-refractivity contribution >= 4 is 28.4 Å². The molecule has 1 aliphatic heterocycles. The third-order valence-corrected chi connectivity index (χ3v) is 7.19. The summed E-state index contributed by atoms with van der Waals surface area (Å²) in [6, 6.07) is 22.2. The zero-order chi connectivity index (χ0) is 26.8. The molecule has 2 N–H and O–H groups in total. The maximum atomic E-state index is 13.4. The molecule has 0 bridgehead atoms. The van der Waals surface area contributed by atoms with Gasteiger partial charge in [0.05, 0.1) is 18.2 Å². The zero-order valence-corrected chi connectivity index (χ0v) is 21.9. The summed E-state index contributed by atoms with van der Waals surface area (Å²) in [5.74, 6) is -0.437. The van der Waals surface area contributed by atoms with Crippen LogP contribution in [-0.4, -0.2) is 39.8 Å². The minimum Gasteiger partial charge on any atom is -0.507 e. The van der Waals surface area contributed by atoms with Crippen LogP contribution in [0.3, 0.4) is 0 Å². The van der Waals surface area contributed by atoms with Gasteiger partial charge in [-0.2, -0.15) is 0 Å². The summed E-state index contributed by atoms with van der Waals surface area (Å²) < 4.78 is 5.51. The summed E-state index contributed by atoms with van der Waals surface area (Å²) >= 11 is 0. The predicted octanol–water partition coefficient (Wildman–Crippen LogP) is 6.35. The second-order valence-corrected chi connectivity index (χ2v) is 9.88. The molecule has 6 heteroatoms. The zero-order valence-electron chi connectivity index (χ0n) is 21.9. The molecular formula is C32H32N2O4. The van der Waals surface area contributed by atoms with Gasteiger partial charge in [-0.3, -0.25) is 9.59 Å². The number of Topliss-reactive ketones (excluding diaryl/α,β-unsaturated/α-hetero) is 1. The van der Waals surface area contributed by atoms with Gasteiger partial charge >= 0.3 is 0 Å². The fourth-order valence-electron chi connectivity index (χ4n) is 5.13. The Balaban J connectivity index is 1.54. The number of aliphatic hydroxyl groups excluding tert-OH is 1. The first-order chi connectivity index (χ1) is 18.4. The Labute approximate surface area is 222 Å². The van der Waals surface area contributed by atoms with E-state index in [1.54, 1.807) is 29.2 Å². The van der Waals surface area contributed by atoms with Crippen LogP contribution in [0.15, 0.2) is 84.6 Å². The van der Waals surface area contributed by atoms with Crippen LogP contribution in [0.2, 0.25) is 0 Å². The summed E-state index contributed by atoms with van der Waals surface area (Å²) in [6.45, 7) is 7.00. The lowest BCUT2D eigenvalue weighted by Gasteiger charge is -2.25. The Bertz CT molecular complexity index is 1500. The van der Waals surface area contributed by atoms with Gasteiger partial charge in [-0.25, -0.2) is 0 Å². The number of likely N-dealkylation sites (tertiary alicyclic amines) is 1. The fraction of sp³-hybridized carbons (Fsp3) is 0.250. The standard InChI is InChI=1S/C32H32N2O4/c1-4-38-25-15-13-23(14-16-25)30(35)28-29(22-11-9-21(10-12-22)20(2)3)34(32(37)31(28)36)18-17-24-19-33-27-8-6-5-7-26(24)27/h5-16,19-20,29,33,35H,4,17-18H2,1-3H3/b30-28+. The van der Waals surface area contributed by atoms with Gasteiger partial charge in [-0.15, -0.1) is 0 Å². The number of hydrogen-bond acceptors (Lipinski definition) is 4. The summed E-state index contributed by atoms with van der Waals surface area (Å²) in [6.07, 6.45) is 2.52. The largest absolute Gasteiger partial charge is 0.507 e. The van der Waals surface area contributed by atoms with Crippen molar-refractivity contribution in [3.63, 3.8) is 0 Å². The molecule has 5 rings (SSSR count). The van der Waals surface area contributed by atoms with E-state index in [1.807, 2.05) is 61.7 Å². The van der Waals surface area contributed by atoms with Crippen LogP contribution in [0.25, 0.3) is 16.7 Å². The monoisotopic (exact) mass is 508 g/mol. The molecule has 38 heavy (non-hydrogen) atoms. The van der Waals surface area contributed by atoms with E-state index in [2.05, 4.69) is 18.8 Å². The van der Waals surface area contributed by atoms with E-state index in [0.29, 0.717) is 36.8 Å². The summed E-state index contributed by atoms with van der Waals surface area (Å²) in [7, 11) is 0. The van der Waals surface area contributed by atoms with E-state index in [1.165, 1.54) is 0 Å². The van der Waals surface area contributed by atoms with E-state index in [4.69, 9.17) is 4.74 Å². The molecule has 0 saturated carbocycles. The van der Waals surface area contributed by atoms with Gasteiger partial charge in [0.1, 0.15) is 11.5 Å². The lowest BCUT2D eigenvalue weighted by Crippen LogP contribution is -2.31. The molecule has 1 aliphatic rings. The van der Waals surface area contributed by atoms with Crippen LogP contribution >= 0.6 is 0 Å². The van der Waals surface area contributed by atoms with Crippen molar-refractivity contribution < 1.29 is 19.4 Å². The summed E-state index contributed by atoms with van der Waals surface area (Å²) in [5.41, 5.74) is 4.63. The van der Waals surface area contributed by atoms with Crippen LogP contribution in [0, 0.1) is 0 Å². The number of fused-ring (bicyclic) bond motifs is 1. The first-order valence-corrected chi connectivity index (χ1v) is 13.1. The van der Waals surface area contributed by atoms with Gasteiger partial charge in [-0.05, 0) is 66.3 Å². The number of benzene rings is 3. The number of rotatable bonds is 8. The summed E-state index contributed by atoms with van der Waals surface area (Å²) in [4.78, 5) is 31.6. The minimum atomic E-state index is -0.687. The smallest absolute Gasteiger partial charge is 0.295 e. The highest BCUT2D eigenvalue weighted by atomic mass is 16.5. The van der Waals surface area contributed by atoms with E-state index < -0.39 is 17.7 Å². The molecule has 1 unspecified atom stereocenters. The first-order valence-electron chi connectivity index (χ1n) is 13.1. The van der Waals surface area contributed by atoms with Gasteiger partial charge in [0.25, 0.3) is 11.7 Å². The number of nitrogens with one attached hydrogen (secondary N) is 1. The van der Waals surface area contributed by atoms with Crippen LogP contribution in [0.4, 0.5) is 0 Å². The Hall–Kier alpha value is -4.32. The number of ether oxygens (including phenoxy) is 1. The Morgan fingerprint density at radius 3 is 2.39 bits per heavy atom. The molecule has 4 aromatic rings. The van der Waals surface area contributed by atoms with Crippen LogP contribution in [0.1, 0.15) is 55.0 Å². The maximum absolute atomic E-state index is 13.4. The van der Waals surface area contributed by atoms with Crippen molar-refractivity contribution in [2.24, 2.45) is 0 Å². The maximum Gasteiger partial charge on any atom is 0.295 e. The van der Waals surface area contributed by atoms with Crippen molar-refractivity contribution in [3.8, 4) is 5.75 Å². The Kier molecular flexibility index (Phi) is 7.05. The third kappa shape index (κ3) is 4.70. The molecule has 1 amide bonds. The van der Waals surface area contributed by atoms with Crippen LogP contribution in [-0.2, 0) is 16.0 Å². The number of aromatic amines is 1. The van der Waals surface area contributed by atoms with Gasteiger partial charge in [-0.1, -0.05) is 56.3 Å². The average Bonchev–Trinajstić information content (AvgIpc) is 3.46. The Morgan fingerprint density at radius 2 is 1.71 bits per heavy atom. The van der Waals surface area contributed by atoms with Crippen molar-refractivity contribution in [3.05, 3.63) is 107 Å². The number of nitrogens with zero attached hydrogens (tertiary/aromatic N) is 1. The third-order valence-electron chi connectivity index (χ3n) is 7.19. The number of amides is 1. The number of aliphatic hydroxyl groups is 1. The molecule has 1 atom stereocenters. The predicted molar refractivity (Wildman–Crippen MR) is 149 cm³/mol. The molecule has 1 fully saturated rings. The number of ketones is 1. The molecule has 2 heterocycles. The molecule has 0 spiro atoms. The highest BCUT2D eigenvalue weighted by molar-refractivity contribution is 6.46. The molecule has 0 radical (unpaired) electrons. The number of carbonyl (C=O) groups excluding carboxylic acids is 2. The normalized spacial score (nSPS) is 17.1. The van der Waals surface area contributed by atoms with Crippen molar-refractivity contribution in [1.82, 2.24) is 9.88 Å². The fourth-order valence-corrected chi connectivity index (χ4v) is 5.13. The number of aromatic nitrogens is 1. The van der Waals surface area contributed by atoms with Crippen molar-refractivity contribution in [2.45, 2.75) is 39.2 Å². The molecular weight excluding hydrogens is 476 g/mol. The lowest BCUT2D eigenvalue weighted by molar-refractivity contribution is -0.139. The molecule has 0 aliphatic carbocycles. The van der Waals surface area contributed by atoms with Crippen LogP contribution < -0.4 is 4.74 Å². The number of H-pyrrole nitrogens is 1. The lowest BCUT2D eigenvalue weighted by atomic mass is 9.93. The number of para-hydroxylation sites is 1. The first kappa shape index (κ1) is 25.3. The molecule has 194 valence electrons. The Morgan fingerprint density at radius 1 is 1.00 bits per heavy atom. The molecule has 1 aromatic heterocycles. The van der Waals surface area contributed by atoms with Crippen molar-refractivity contribution in [1.29, 1.82) is 0 Å². The SMILES string of the molecule is CCOc1ccc(/C(O)=C2\C(=O)C(=O)N(CCc3c[nH]c4ccccc34)C2c2ccc(C(C)C)cc2)cc1. The van der Waals surface area contributed by atoms with Gasteiger partial charge in [0.2, 0.25) is 0 Å².